The number of anilines is 1. The third-order valence-corrected chi connectivity index (χ3v) is 4.11. The fraction of sp³-hybridized carbons (Fsp3) is 0.133. The van der Waals surface area contributed by atoms with Gasteiger partial charge in [0, 0.05) is 29.2 Å². The van der Waals surface area contributed by atoms with E-state index in [1.54, 1.807) is 25.4 Å². The Bertz CT molecular complexity index is 842. The molecule has 1 amide bonds. The number of nitrogens with one attached hydrogen (secondary N) is 1. The van der Waals surface area contributed by atoms with Crippen molar-refractivity contribution in [3.05, 3.63) is 46.4 Å². The highest BCUT2D eigenvalue weighted by Gasteiger charge is 2.17. The van der Waals surface area contributed by atoms with E-state index in [1.165, 1.54) is 23.1 Å². The topological polar surface area (TPSA) is 69.0 Å². The lowest BCUT2D eigenvalue weighted by molar-refractivity contribution is 0.102. The summed E-state index contributed by atoms with van der Waals surface area (Å²) in [5.74, 6) is -0.0357. The van der Waals surface area contributed by atoms with Crippen LogP contribution in [-0.4, -0.2) is 27.8 Å². The molecule has 2 heterocycles. The van der Waals surface area contributed by atoms with Crippen molar-refractivity contribution in [2.24, 2.45) is 7.05 Å². The number of hydrogen-bond acceptors (Lipinski definition) is 5. The van der Waals surface area contributed by atoms with Gasteiger partial charge in [-0.15, -0.1) is 16.4 Å². The molecule has 0 aliphatic carbocycles. The fourth-order valence-corrected chi connectivity index (χ4v) is 2.86. The van der Waals surface area contributed by atoms with E-state index in [4.69, 9.17) is 16.3 Å². The fourth-order valence-electron chi connectivity index (χ4n) is 2.02. The number of aromatic nitrogens is 3. The average molecular weight is 349 g/mol. The van der Waals surface area contributed by atoms with Gasteiger partial charge in [-0.05, 0) is 12.1 Å². The lowest BCUT2D eigenvalue weighted by Gasteiger charge is -2.01. The summed E-state index contributed by atoms with van der Waals surface area (Å²) in [5.41, 5.74) is 2.07. The molecule has 6 nitrogen and oxygen atoms in total. The lowest BCUT2D eigenvalue weighted by Crippen LogP contribution is -2.12. The van der Waals surface area contributed by atoms with E-state index in [9.17, 15) is 4.79 Å². The van der Waals surface area contributed by atoms with Gasteiger partial charge in [0.15, 0.2) is 5.13 Å². The second kappa shape index (κ2) is 6.39. The van der Waals surface area contributed by atoms with Crippen LogP contribution in [0.15, 0.2) is 35.8 Å². The van der Waals surface area contributed by atoms with Crippen LogP contribution in [0.2, 0.25) is 5.02 Å². The van der Waals surface area contributed by atoms with Crippen LogP contribution in [0.25, 0.3) is 11.3 Å². The van der Waals surface area contributed by atoms with Crippen molar-refractivity contribution in [3.63, 3.8) is 0 Å². The minimum absolute atomic E-state index is 0.277. The summed E-state index contributed by atoms with van der Waals surface area (Å²) in [6, 6.07) is 7.37. The van der Waals surface area contributed by atoms with Crippen molar-refractivity contribution in [2.75, 3.05) is 12.4 Å². The van der Waals surface area contributed by atoms with Gasteiger partial charge in [0.25, 0.3) is 5.91 Å². The molecule has 0 radical (unpaired) electrons. The van der Waals surface area contributed by atoms with Crippen molar-refractivity contribution in [1.82, 2.24) is 14.8 Å². The van der Waals surface area contributed by atoms with Gasteiger partial charge in [0.1, 0.15) is 5.56 Å². The monoisotopic (exact) mass is 348 g/mol. The summed E-state index contributed by atoms with van der Waals surface area (Å²) >= 11 is 7.22. The summed E-state index contributed by atoms with van der Waals surface area (Å²) in [4.78, 5) is 16.7. The Labute approximate surface area is 141 Å². The summed E-state index contributed by atoms with van der Waals surface area (Å²) in [5, 5.41) is 9.86. The maximum absolute atomic E-state index is 12.3. The van der Waals surface area contributed by atoms with Crippen LogP contribution in [-0.2, 0) is 7.05 Å². The highest BCUT2D eigenvalue weighted by molar-refractivity contribution is 7.14. The number of ether oxygens (including phenoxy) is 1. The van der Waals surface area contributed by atoms with Crippen LogP contribution in [0.1, 0.15) is 10.4 Å². The molecule has 3 aromatic rings. The molecule has 8 heteroatoms. The second-order valence-electron chi connectivity index (χ2n) is 4.72. The molecule has 0 unspecified atom stereocenters. The number of carbonyl (C=O) groups excluding carboxylic acids is 1. The van der Waals surface area contributed by atoms with Crippen LogP contribution in [0.5, 0.6) is 5.88 Å². The van der Waals surface area contributed by atoms with Gasteiger partial charge in [0.2, 0.25) is 5.88 Å². The summed E-state index contributed by atoms with van der Waals surface area (Å²) in [6.45, 7) is 0. The number of rotatable bonds is 4. The first-order valence-electron chi connectivity index (χ1n) is 6.67. The van der Waals surface area contributed by atoms with E-state index < -0.39 is 0 Å². The SMILES string of the molecule is COc1nn(C)cc1C(=O)Nc1nc(-c2ccc(Cl)cc2)cs1. The highest BCUT2D eigenvalue weighted by atomic mass is 35.5. The number of methoxy groups -OCH3 is 1. The standard InChI is InChI=1S/C15H13ClN4O2S/c1-20-7-11(14(19-20)22-2)13(21)18-15-17-12(8-23-15)9-3-5-10(16)6-4-9/h3-8H,1-2H3,(H,17,18,21). The van der Waals surface area contributed by atoms with Crippen LogP contribution < -0.4 is 10.1 Å². The molecule has 0 aliphatic rings. The Morgan fingerprint density at radius 1 is 1.35 bits per heavy atom. The predicted molar refractivity (Wildman–Crippen MR) is 90.3 cm³/mol. The number of carbonyl (C=O) groups is 1. The van der Waals surface area contributed by atoms with Gasteiger partial charge in [-0.2, -0.15) is 0 Å². The third-order valence-electron chi connectivity index (χ3n) is 3.10. The lowest BCUT2D eigenvalue weighted by atomic mass is 10.2. The van der Waals surface area contributed by atoms with Crippen molar-refractivity contribution in [1.29, 1.82) is 0 Å². The van der Waals surface area contributed by atoms with E-state index >= 15 is 0 Å². The zero-order valence-electron chi connectivity index (χ0n) is 12.4. The van der Waals surface area contributed by atoms with Crippen molar-refractivity contribution in [3.8, 4) is 17.1 Å². The van der Waals surface area contributed by atoms with Crippen molar-refractivity contribution < 1.29 is 9.53 Å². The first kappa shape index (κ1) is 15.5. The Balaban J connectivity index is 1.78. The molecule has 0 saturated heterocycles. The maximum Gasteiger partial charge on any atom is 0.264 e. The Morgan fingerprint density at radius 3 is 2.78 bits per heavy atom. The molecule has 118 valence electrons. The number of amides is 1. The average Bonchev–Trinajstić information content (AvgIpc) is 3.14. The van der Waals surface area contributed by atoms with Gasteiger partial charge in [-0.3, -0.25) is 14.8 Å². The summed E-state index contributed by atoms with van der Waals surface area (Å²) in [6.07, 6.45) is 1.60. The molecule has 0 bridgehead atoms. The van der Waals surface area contributed by atoms with E-state index in [2.05, 4.69) is 15.4 Å². The first-order valence-corrected chi connectivity index (χ1v) is 7.93. The largest absolute Gasteiger partial charge is 0.479 e. The van der Waals surface area contributed by atoms with Gasteiger partial charge in [0.05, 0.1) is 12.8 Å². The number of aryl methyl sites for hydroxylation is 1. The van der Waals surface area contributed by atoms with E-state index in [-0.39, 0.29) is 11.8 Å². The zero-order chi connectivity index (χ0) is 16.4. The van der Waals surface area contributed by atoms with Crippen molar-refractivity contribution >= 4 is 34.0 Å². The van der Waals surface area contributed by atoms with Gasteiger partial charge < -0.3 is 4.74 Å². The number of hydrogen-bond donors (Lipinski definition) is 1. The van der Waals surface area contributed by atoms with Crippen LogP contribution in [0.4, 0.5) is 5.13 Å². The van der Waals surface area contributed by atoms with E-state index in [1.807, 2.05) is 17.5 Å². The molecule has 0 fully saturated rings. The van der Waals surface area contributed by atoms with Crippen LogP contribution in [0.3, 0.4) is 0 Å². The quantitative estimate of drug-likeness (QED) is 0.784. The van der Waals surface area contributed by atoms with Gasteiger partial charge in [-0.25, -0.2) is 4.98 Å². The molecule has 1 aromatic carbocycles. The smallest absolute Gasteiger partial charge is 0.264 e. The zero-order valence-corrected chi connectivity index (χ0v) is 14.0. The molecule has 0 saturated carbocycles. The van der Waals surface area contributed by atoms with E-state index in [0.29, 0.717) is 15.7 Å². The maximum atomic E-state index is 12.3. The second-order valence-corrected chi connectivity index (χ2v) is 6.02. The molecule has 3 rings (SSSR count). The Hall–Kier alpha value is -2.38. The van der Waals surface area contributed by atoms with Gasteiger partial charge in [-0.1, -0.05) is 23.7 Å². The first-order chi connectivity index (χ1) is 11.1. The number of benzene rings is 1. The molecule has 0 atom stereocenters. The van der Waals surface area contributed by atoms with Crippen LogP contribution >= 0.6 is 22.9 Å². The summed E-state index contributed by atoms with van der Waals surface area (Å²) in [7, 11) is 3.20. The van der Waals surface area contributed by atoms with E-state index in [0.717, 1.165) is 11.3 Å². The molecule has 0 spiro atoms. The minimum atomic E-state index is -0.313. The number of thiazole rings is 1. The van der Waals surface area contributed by atoms with Crippen LogP contribution in [0, 0.1) is 0 Å². The third kappa shape index (κ3) is 3.35. The number of halogens is 1. The molecule has 2 aromatic heterocycles. The Morgan fingerprint density at radius 2 is 2.09 bits per heavy atom. The van der Waals surface area contributed by atoms with Gasteiger partial charge >= 0.3 is 0 Å². The molecule has 0 aliphatic heterocycles. The Kier molecular flexibility index (Phi) is 4.31. The minimum Gasteiger partial charge on any atom is -0.479 e. The normalized spacial score (nSPS) is 10.6. The molecule has 1 N–H and O–H groups in total. The number of nitrogens with zero attached hydrogens (tertiary/aromatic N) is 3. The highest BCUT2D eigenvalue weighted by Crippen LogP contribution is 2.26. The molecular formula is C15H13ClN4O2S. The molecule has 23 heavy (non-hydrogen) atoms. The predicted octanol–water partition coefficient (Wildman–Crippen LogP) is 3.46. The van der Waals surface area contributed by atoms with Crippen molar-refractivity contribution in [2.45, 2.75) is 0 Å². The molecular weight excluding hydrogens is 336 g/mol. The summed E-state index contributed by atoms with van der Waals surface area (Å²) < 4.78 is 6.61.